The van der Waals surface area contributed by atoms with Crippen LogP contribution in [0.4, 0.5) is 5.69 Å². The van der Waals surface area contributed by atoms with E-state index in [0.717, 1.165) is 22.2 Å². The number of nitrogens with one attached hydrogen (secondary N) is 1. The van der Waals surface area contributed by atoms with Crippen LogP contribution in [0.3, 0.4) is 0 Å². The Balaban J connectivity index is 1.74. The molecule has 1 heterocycles. The SMILES string of the molecule is CC(C)(O)C(C)(C)OBC1Nc2ccc3ccccc3c2O1. The third-order valence-corrected chi connectivity index (χ3v) is 4.53. The lowest BCUT2D eigenvalue weighted by molar-refractivity contribution is -0.0920. The van der Waals surface area contributed by atoms with E-state index in [0.29, 0.717) is 7.48 Å². The third-order valence-electron chi connectivity index (χ3n) is 4.53. The summed E-state index contributed by atoms with van der Waals surface area (Å²) in [5, 5.41) is 15.7. The van der Waals surface area contributed by atoms with Crippen molar-refractivity contribution < 1.29 is 14.5 Å². The third kappa shape index (κ3) is 2.66. The molecule has 22 heavy (non-hydrogen) atoms. The summed E-state index contributed by atoms with van der Waals surface area (Å²) in [6.45, 7) is 7.26. The molecule has 0 aromatic heterocycles. The van der Waals surface area contributed by atoms with Gasteiger partial charge in [-0.1, -0.05) is 30.3 Å². The summed E-state index contributed by atoms with van der Waals surface area (Å²) in [5.74, 6) is 0.868. The van der Waals surface area contributed by atoms with Gasteiger partial charge in [0.2, 0.25) is 0 Å². The summed E-state index contributed by atoms with van der Waals surface area (Å²) in [4.78, 5) is 0. The van der Waals surface area contributed by atoms with E-state index in [4.69, 9.17) is 9.39 Å². The molecule has 0 aliphatic carbocycles. The highest BCUT2D eigenvalue weighted by Gasteiger charge is 2.37. The van der Waals surface area contributed by atoms with Crippen LogP contribution in [-0.4, -0.2) is 29.9 Å². The van der Waals surface area contributed by atoms with E-state index in [2.05, 4.69) is 23.5 Å². The van der Waals surface area contributed by atoms with Gasteiger partial charge in [0, 0.05) is 5.39 Å². The van der Waals surface area contributed by atoms with E-state index < -0.39 is 11.2 Å². The summed E-state index contributed by atoms with van der Waals surface area (Å²) in [6, 6.07) is 12.3. The van der Waals surface area contributed by atoms with Gasteiger partial charge in [0.1, 0.15) is 0 Å². The average Bonchev–Trinajstić information content (AvgIpc) is 2.87. The van der Waals surface area contributed by atoms with Crippen molar-refractivity contribution >= 4 is 23.9 Å². The second kappa shape index (κ2) is 5.18. The van der Waals surface area contributed by atoms with Crippen LogP contribution in [0.5, 0.6) is 5.75 Å². The Morgan fingerprint density at radius 2 is 1.86 bits per heavy atom. The predicted molar refractivity (Wildman–Crippen MR) is 90.6 cm³/mol. The minimum Gasteiger partial charge on any atom is -0.473 e. The van der Waals surface area contributed by atoms with E-state index in [9.17, 15) is 5.11 Å². The van der Waals surface area contributed by atoms with Crippen LogP contribution < -0.4 is 10.1 Å². The van der Waals surface area contributed by atoms with Gasteiger partial charge in [0.25, 0.3) is 0 Å². The number of hydrogen-bond donors (Lipinski definition) is 2. The molecular weight excluding hydrogens is 277 g/mol. The number of anilines is 1. The summed E-state index contributed by atoms with van der Waals surface area (Å²) in [7, 11) is 0.361. The Morgan fingerprint density at radius 1 is 1.14 bits per heavy atom. The maximum atomic E-state index is 10.1. The lowest BCUT2D eigenvalue weighted by atomic mass is 9.86. The Kier molecular flexibility index (Phi) is 3.58. The minimum absolute atomic E-state index is 0.248. The van der Waals surface area contributed by atoms with Gasteiger partial charge < -0.3 is 19.8 Å². The molecule has 0 spiro atoms. The Morgan fingerprint density at radius 3 is 2.59 bits per heavy atom. The molecule has 1 aliphatic rings. The van der Waals surface area contributed by atoms with Gasteiger partial charge in [-0.25, -0.2) is 0 Å². The van der Waals surface area contributed by atoms with E-state index >= 15 is 0 Å². The number of aliphatic hydroxyl groups is 1. The van der Waals surface area contributed by atoms with Crippen molar-refractivity contribution in [3.63, 3.8) is 0 Å². The zero-order valence-electron chi connectivity index (χ0n) is 13.5. The van der Waals surface area contributed by atoms with Gasteiger partial charge >= 0.3 is 7.48 Å². The van der Waals surface area contributed by atoms with Crippen molar-refractivity contribution in [2.24, 2.45) is 0 Å². The zero-order valence-corrected chi connectivity index (χ0v) is 13.5. The molecule has 1 atom stereocenters. The van der Waals surface area contributed by atoms with Crippen LogP contribution in [0, 0.1) is 0 Å². The Hall–Kier alpha value is -1.72. The van der Waals surface area contributed by atoms with Crippen LogP contribution in [-0.2, 0) is 4.65 Å². The number of hydrogen-bond acceptors (Lipinski definition) is 4. The molecule has 5 heteroatoms. The topological polar surface area (TPSA) is 50.7 Å². The number of ether oxygens (including phenoxy) is 1. The van der Waals surface area contributed by atoms with E-state index in [1.54, 1.807) is 13.8 Å². The van der Waals surface area contributed by atoms with Crippen molar-refractivity contribution in [1.29, 1.82) is 0 Å². The lowest BCUT2D eigenvalue weighted by Crippen LogP contribution is -2.50. The molecule has 0 bridgehead atoms. The number of fused-ring (bicyclic) bond motifs is 3. The van der Waals surface area contributed by atoms with Crippen LogP contribution in [0.25, 0.3) is 10.8 Å². The summed E-state index contributed by atoms with van der Waals surface area (Å²) in [6.07, 6.45) is -0.248. The second-order valence-corrected chi connectivity index (χ2v) is 6.79. The van der Waals surface area contributed by atoms with Crippen molar-refractivity contribution in [2.75, 3.05) is 5.32 Å². The maximum Gasteiger partial charge on any atom is 0.345 e. The van der Waals surface area contributed by atoms with Gasteiger partial charge in [0.05, 0.1) is 16.9 Å². The molecule has 0 saturated carbocycles. The second-order valence-electron chi connectivity index (χ2n) is 6.79. The van der Waals surface area contributed by atoms with Gasteiger partial charge in [0.15, 0.2) is 11.9 Å². The van der Waals surface area contributed by atoms with Crippen LogP contribution in [0.1, 0.15) is 27.7 Å². The summed E-state index contributed by atoms with van der Waals surface area (Å²) in [5.41, 5.74) is -0.603. The quantitative estimate of drug-likeness (QED) is 0.852. The largest absolute Gasteiger partial charge is 0.473 e. The molecule has 4 nitrogen and oxygen atoms in total. The monoisotopic (exact) mass is 299 g/mol. The normalized spacial score (nSPS) is 17.8. The highest BCUT2D eigenvalue weighted by atomic mass is 16.5. The molecule has 116 valence electrons. The molecule has 2 aromatic carbocycles. The molecule has 1 aliphatic heterocycles. The fourth-order valence-corrected chi connectivity index (χ4v) is 2.37. The maximum absolute atomic E-state index is 10.1. The first-order valence-corrected chi connectivity index (χ1v) is 7.59. The van der Waals surface area contributed by atoms with Crippen LogP contribution >= 0.6 is 0 Å². The van der Waals surface area contributed by atoms with Crippen LogP contribution in [0.2, 0.25) is 0 Å². The summed E-state index contributed by atoms with van der Waals surface area (Å²) < 4.78 is 11.9. The van der Waals surface area contributed by atoms with Crippen molar-refractivity contribution in [3.05, 3.63) is 36.4 Å². The van der Waals surface area contributed by atoms with Crippen molar-refractivity contribution in [1.82, 2.24) is 0 Å². The highest BCUT2D eigenvalue weighted by Crippen LogP contribution is 2.38. The number of benzene rings is 2. The van der Waals surface area contributed by atoms with E-state index in [1.807, 2.05) is 32.0 Å². The standard InChI is InChI=1S/C17H22BNO3/c1-16(2,20)17(3,4)22-18-15-19-13-10-9-11-7-5-6-8-12(11)14(13)21-15/h5-10,15,18-20H,1-4H3. The van der Waals surface area contributed by atoms with Crippen molar-refractivity contribution in [3.8, 4) is 5.75 Å². The average molecular weight is 299 g/mol. The molecule has 0 radical (unpaired) electrons. The van der Waals surface area contributed by atoms with E-state index in [-0.39, 0.29) is 6.13 Å². The molecule has 2 N–H and O–H groups in total. The van der Waals surface area contributed by atoms with E-state index in [1.165, 1.54) is 0 Å². The first-order chi connectivity index (χ1) is 10.3. The molecule has 0 amide bonds. The molecule has 0 fully saturated rings. The lowest BCUT2D eigenvalue weighted by Gasteiger charge is -2.38. The van der Waals surface area contributed by atoms with Crippen LogP contribution in [0.15, 0.2) is 36.4 Å². The molecule has 1 unspecified atom stereocenters. The van der Waals surface area contributed by atoms with Crippen molar-refractivity contribution in [2.45, 2.75) is 45.0 Å². The van der Waals surface area contributed by atoms with Gasteiger partial charge in [-0.2, -0.15) is 0 Å². The van der Waals surface area contributed by atoms with Gasteiger partial charge in [-0.05, 0) is 39.1 Å². The Labute approximate surface area is 131 Å². The highest BCUT2D eigenvalue weighted by molar-refractivity contribution is 6.30. The number of rotatable bonds is 4. The minimum atomic E-state index is -0.925. The molecular formula is C17H22BNO3. The smallest absolute Gasteiger partial charge is 0.345 e. The first kappa shape index (κ1) is 15.2. The summed E-state index contributed by atoms with van der Waals surface area (Å²) >= 11 is 0. The first-order valence-electron chi connectivity index (χ1n) is 7.59. The van der Waals surface area contributed by atoms with Gasteiger partial charge in [-0.15, -0.1) is 0 Å². The predicted octanol–water partition coefficient (Wildman–Crippen LogP) is 2.85. The fourth-order valence-electron chi connectivity index (χ4n) is 2.37. The fraction of sp³-hybridized carbons (Fsp3) is 0.412. The molecule has 2 aromatic rings. The zero-order chi connectivity index (χ0) is 16.0. The van der Waals surface area contributed by atoms with Gasteiger partial charge in [-0.3, -0.25) is 0 Å². The Bertz CT molecular complexity index is 694. The molecule has 0 saturated heterocycles. The molecule has 3 rings (SSSR count).